The van der Waals surface area contributed by atoms with Crippen molar-refractivity contribution in [3.63, 3.8) is 0 Å². The molecule has 0 aliphatic carbocycles. The van der Waals surface area contributed by atoms with Gasteiger partial charge in [0, 0.05) is 10.0 Å². The van der Waals surface area contributed by atoms with Crippen molar-refractivity contribution in [3.05, 3.63) is 33.6 Å². The van der Waals surface area contributed by atoms with Crippen molar-refractivity contribution in [1.29, 1.82) is 0 Å². The van der Waals surface area contributed by atoms with Gasteiger partial charge < -0.3 is 15.4 Å². The molecule has 3 N–H and O–H groups in total. The predicted octanol–water partition coefficient (Wildman–Crippen LogP) is 2.53. The van der Waals surface area contributed by atoms with Gasteiger partial charge in [0.15, 0.2) is 0 Å². The Morgan fingerprint density at radius 1 is 1.50 bits per heavy atom. The second-order valence-electron chi connectivity index (χ2n) is 3.85. The highest BCUT2D eigenvalue weighted by Gasteiger charge is 2.20. The SMILES string of the molecule is CC(O)C(N)c1nc(-c2ccc(Cl)c(Br)c2)no1. The minimum Gasteiger partial charge on any atom is -0.391 e. The first kappa shape index (κ1) is 13.5. The minimum atomic E-state index is -0.754. The summed E-state index contributed by atoms with van der Waals surface area (Å²) < 4.78 is 5.76. The Morgan fingerprint density at radius 2 is 2.22 bits per heavy atom. The molecule has 0 saturated heterocycles. The lowest BCUT2D eigenvalue weighted by Crippen LogP contribution is -2.23. The fourth-order valence-electron chi connectivity index (χ4n) is 1.33. The average molecular weight is 333 g/mol. The van der Waals surface area contributed by atoms with Crippen LogP contribution >= 0.6 is 27.5 Å². The van der Waals surface area contributed by atoms with E-state index in [1.165, 1.54) is 0 Å². The normalized spacial score (nSPS) is 14.5. The molecule has 7 heteroatoms. The zero-order chi connectivity index (χ0) is 13.3. The number of aliphatic hydroxyl groups is 1. The highest BCUT2D eigenvalue weighted by atomic mass is 79.9. The molecule has 0 bridgehead atoms. The van der Waals surface area contributed by atoms with Crippen molar-refractivity contribution < 1.29 is 9.63 Å². The molecular weight excluding hydrogens is 321 g/mol. The Bertz CT molecular complexity index is 559. The predicted molar refractivity (Wildman–Crippen MR) is 71.1 cm³/mol. The first-order valence-electron chi connectivity index (χ1n) is 5.21. The van der Waals surface area contributed by atoms with Crippen molar-refractivity contribution in [2.45, 2.75) is 19.1 Å². The molecule has 96 valence electrons. The smallest absolute Gasteiger partial charge is 0.246 e. The van der Waals surface area contributed by atoms with Crippen molar-refractivity contribution in [2.24, 2.45) is 5.73 Å². The fourth-order valence-corrected chi connectivity index (χ4v) is 1.83. The quantitative estimate of drug-likeness (QED) is 0.902. The Labute approximate surface area is 117 Å². The van der Waals surface area contributed by atoms with Gasteiger partial charge >= 0.3 is 0 Å². The van der Waals surface area contributed by atoms with Gasteiger partial charge in [0.1, 0.15) is 6.04 Å². The van der Waals surface area contributed by atoms with E-state index in [-0.39, 0.29) is 5.89 Å². The summed E-state index contributed by atoms with van der Waals surface area (Å²) in [5, 5.41) is 13.8. The maximum absolute atomic E-state index is 9.36. The molecule has 0 aliphatic heterocycles. The van der Waals surface area contributed by atoms with E-state index in [0.29, 0.717) is 10.8 Å². The fraction of sp³-hybridized carbons (Fsp3) is 0.273. The van der Waals surface area contributed by atoms with Crippen LogP contribution in [0, 0.1) is 0 Å². The van der Waals surface area contributed by atoms with Gasteiger partial charge in [-0.05, 0) is 41.1 Å². The second kappa shape index (κ2) is 5.36. The lowest BCUT2D eigenvalue weighted by atomic mass is 10.2. The number of nitrogens with two attached hydrogens (primary N) is 1. The number of aliphatic hydroxyl groups excluding tert-OH is 1. The van der Waals surface area contributed by atoms with Crippen LogP contribution in [0.15, 0.2) is 27.2 Å². The van der Waals surface area contributed by atoms with Crippen LogP contribution < -0.4 is 5.73 Å². The molecule has 2 rings (SSSR count). The van der Waals surface area contributed by atoms with Gasteiger partial charge in [0.05, 0.1) is 11.1 Å². The summed E-state index contributed by atoms with van der Waals surface area (Å²) in [7, 11) is 0. The number of rotatable bonds is 3. The van der Waals surface area contributed by atoms with Crippen LogP contribution in [0.25, 0.3) is 11.4 Å². The zero-order valence-electron chi connectivity index (χ0n) is 9.47. The van der Waals surface area contributed by atoms with Gasteiger partial charge in [-0.15, -0.1) is 0 Å². The van der Waals surface area contributed by atoms with Crippen molar-refractivity contribution in [1.82, 2.24) is 10.1 Å². The number of halogens is 2. The molecule has 0 aliphatic rings. The molecule has 0 radical (unpaired) electrons. The molecule has 5 nitrogen and oxygen atoms in total. The summed E-state index contributed by atoms with van der Waals surface area (Å²) in [5.41, 5.74) is 6.46. The molecule has 1 heterocycles. The minimum absolute atomic E-state index is 0.200. The number of benzene rings is 1. The molecule has 1 aromatic carbocycles. The molecule has 1 aromatic heterocycles. The summed E-state index contributed by atoms with van der Waals surface area (Å²) in [6, 6.07) is 4.59. The van der Waals surface area contributed by atoms with Crippen molar-refractivity contribution >= 4 is 27.5 Å². The van der Waals surface area contributed by atoms with Gasteiger partial charge in [-0.2, -0.15) is 4.98 Å². The van der Waals surface area contributed by atoms with Gasteiger partial charge in [0.2, 0.25) is 11.7 Å². The number of nitrogens with zero attached hydrogens (tertiary/aromatic N) is 2. The summed E-state index contributed by atoms with van der Waals surface area (Å²) in [5.74, 6) is 0.601. The highest BCUT2D eigenvalue weighted by molar-refractivity contribution is 9.10. The molecule has 0 amide bonds. The van der Waals surface area contributed by atoms with Crippen LogP contribution in [-0.2, 0) is 0 Å². The van der Waals surface area contributed by atoms with E-state index in [9.17, 15) is 5.11 Å². The highest BCUT2D eigenvalue weighted by Crippen LogP contribution is 2.28. The molecule has 2 atom stereocenters. The largest absolute Gasteiger partial charge is 0.391 e. The molecule has 2 unspecified atom stereocenters. The summed E-state index contributed by atoms with van der Waals surface area (Å²) in [4.78, 5) is 4.15. The third-order valence-corrected chi connectivity index (χ3v) is 3.64. The Morgan fingerprint density at radius 3 is 2.83 bits per heavy atom. The van der Waals surface area contributed by atoms with E-state index < -0.39 is 12.1 Å². The Kier molecular flexibility index (Phi) is 4.01. The molecule has 18 heavy (non-hydrogen) atoms. The van der Waals surface area contributed by atoms with E-state index in [2.05, 4.69) is 26.1 Å². The van der Waals surface area contributed by atoms with Crippen molar-refractivity contribution in [2.75, 3.05) is 0 Å². The van der Waals surface area contributed by atoms with E-state index in [4.69, 9.17) is 21.9 Å². The van der Waals surface area contributed by atoms with Gasteiger partial charge in [-0.3, -0.25) is 0 Å². The summed E-state index contributed by atoms with van der Waals surface area (Å²) >= 11 is 9.22. The molecule has 2 aromatic rings. The monoisotopic (exact) mass is 331 g/mol. The average Bonchev–Trinajstić information content (AvgIpc) is 2.81. The standard InChI is InChI=1S/C11H11BrClN3O2/c1-5(17)9(14)11-15-10(16-18-11)6-2-3-8(13)7(12)4-6/h2-5,9,17H,14H2,1H3. The maximum atomic E-state index is 9.36. The Balaban J connectivity index is 2.32. The molecule has 0 saturated carbocycles. The summed E-state index contributed by atoms with van der Waals surface area (Å²) in [6.45, 7) is 1.56. The van der Waals surface area contributed by atoms with E-state index >= 15 is 0 Å². The lowest BCUT2D eigenvalue weighted by molar-refractivity contribution is 0.146. The van der Waals surface area contributed by atoms with Gasteiger partial charge in [-0.1, -0.05) is 16.8 Å². The number of hydrogen-bond acceptors (Lipinski definition) is 5. The summed E-state index contributed by atoms with van der Waals surface area (Å²) in [6.07, 6.45) is -0.754. The number of hydrogen-bond donors (Lipinski definition) is 2. The third-order valence-electron chi connectivity index (χ3n) is 2.42. The first-order valence-corrected chi connectivity index (χ1v) is 6.39. The third kappa shape index (κ3) is 2.72. The van der Waals surface area contributed by atoms with Crippen molar-refractivity contribution in [3.8, 4) is 11.4 Å². The maximum Gasteiger partial charge on any atom is 0.246 e. The first-order chi connectivity index (χ1) is 8.49. The van der Waals surface area contributed by atoms with Crippen LogP contribution in [0.5, 0.6) is 0 Å². The second-order valence-corrected chi connectivity index (χ2v) is 5.11. The molecular formula is C11H11BrClN3O2. The topological polar surface area (TPSA) is 85.2 Å². The van der Waals surface area contributed by atoms with E-state index in [1.54, 1.807) is 25.1 Å². The van der Waals surface area contributed by atoms with Gasteiger partial charge in [-0.25, -0.2) is 0 Å². The van der Waals surface area contributed by atoms with Gasteiger partial charge in [0.25, 0.3) is 0 Å². The van der Waals surface area contributed by atoms with Crippen LogP contribution in [0.1, 0.15) is 18.9 Å². The number of aromatic nitrogens is 2. The molecule has 0 fully saturated rings. The molecule has 0 spiro atoms. The van der Waals surface area contributed by atoms with E-state index in [0.717, 1.165) is 10.0 Å². The van der Waals surface area contributed by atoms with Crippen LogP contribution in [0.4, 0.5) is 0 Å². The Hall–Kier alpha value is -0.950. The van der Waals surface area contributed by atoms with Crippen LogP contribution in [0.2, 0.25) is 5.02 Å². The van der Waals surface area contributed by atoms with E-state index in [1.807, 2.05) is 0 Å². The van der Waals surface area contributed by atoms with Crippen LogP contribution in [-0.4, -0.2) is 21.4 Å². The van der Waals surface area contributed by atoms with Crippen LogP contribution in [0.3, 0.4) is 0 Å². The lowest BCUT2D eigenvalue weighted by Gasteiger charge is -2.08. The zero-order valence-corrected chi connectivity index (χ0v) is 11.8.